The molecule has 0 aliphatic rings. The van der Waals surface area contributed by atoms with Gasteiger partial charge in [-0.05, 0) is 25.5 Å². The Morgan fingerprint density at radius 2 is 2.06 bits per heavy atom. The number of ether oxygens (including phenoxy) is 1. The molecule has 0 aromatic heterocycles. The normalized spacial score (nSPS) is 11.3. The molecule has 0 spiro atoms. The average molecular weight is 233 g/mol. The van der Waals surface area contributed by atoms with E-state index in [1.54, 1.807) is 0 Å². The molecule has 17 heavy (non-hydrogen) atoms. The molecule has 1 aromatic rings. The fraction of sp³-hybridized carbons (Fsp3) is 0.467. The second-order valence-corrected chi connectivity index (χ2v) is 4.48. The van der Waals surface area contributed by atoms with Crippen LogP contribution in [0.4, 0.5) is 0 Å². The van der Waals surface area contributed by atoms with Gasteiger partial charge >= 0.3 is 0 Å². The summed E-state index contributed by atoms with van der Waals surface area (Å²) in [5, 5.41) is 3.36. The molecular formula is C15H23NO. The summed E-state index contributed by atoms with van der Waals surface area (Å²) >= 11 is 0. The van der Waals surface area contributed by atoms with Crippen molar-refractivity contribution in [1.82, 2.24) is 5.32 Å². The van der Waals surface area contributed by atoms with Gasteiger partial charge in [-0.3, -0.25) is 0 Å². The van der Waals surface area contributed by atoms with Crippen LogP contribution in [0.1, 0.15) is 26.3 Å². The minimum Gasteiger partial charge on any atom is -0.492 e. The van der Waals surface area contributed by atoms with Crippen LogP contribution in [-0.4, -0.2) is 19.7 Å². The lowest BCUT2D eigenvalue weighted by Crippen LogP contribution is -2.25. The van der Waals surface area contributed by atoms with Crippen LogP contribution in [0.15, 0.2) is 30.3 Å². The molecule has 0 saturated carbocycles. The molecule has 0 heterocycles. The van der Waals surface area contributed by atoms with Gasteiger partial charge in [-0.15, -0.1) is 0 Å². The molecule has 1 aromatic carbocycles. The highest BCUT2D eigenvalue weighted by Crippen LogP contribution is 2.18. The maximum atomic E-state index is 5.76. The van der Waals surface area contributed by atoms with Crippen molar-refractivity contribution in [2.45, 2.75) is 20.8 Å². The van der Waals surface area contributed by atoms with E-state index in [0.717, 1.165) is 24.4 Å². The van der Waals surface area contributed by atoms with E-state index in [1.807, 2.05) is 31.2 Å². The van der Waals surface area contributed by atoms with Crippen LogP contribution < -0.4 is 10.1 Å². The van der Waals surface area contributed by atoms with E-state index in [4.69, 9.17) is 4.74 Å². The number of allylic oxidation sites excluding steroid dienone is 1. The van der Waals surface area contributed by atoms with Crippen molar-refractivity contribution in [3.63, 3.8) is 0 Å². The summed E-state index contributed by atoms with van der Waals surface area (Å²) in [6.45, 7) is 9.06. The number of hydrogen-bond acceptors (Lipinski definition) is 2. The van der Waals surface area contributed by atoms with Crippen LogP contribution in [0.5, 0.6) is 5.75 Å². The third-order valence-corrected chi connectivity index (χ3v) is 2.35. The Kier molecular flexibility index (Phi) is 6.41. The Balaban J connectivity index is 2.36. The minimum atomic E-state index is 0.685. The number of para-hydroxylation sites is 1. The van der Waals surface area contributed by atoms with Crippen molar-refractivity contribution in [1.29, 1.82) is 0 Å². The lowest BCUT2D eigenvalue weighted by Gasteiger charge is -2.10. The highest BCUT2D eigenvalue weighted by atomic mass is 16.5. The summed E-state index contributed by atoms with van der Waals surface area (Å²) in [5.41, 5.74) is 1.14. The minimum absolute atomic E-state index is 0.685. The highest BCUT2D eigenvalue weighted by Gasteiger charge is 1.99. The molecular weight excluding hydrogens is 210 g/mol. The van der Waals surface area contributed by atoms with Gasteiger partial charge in [-0.2, -0.15) is 0 Å². The molecule has 0 bridgehead atoms. The van der Waals surface area contributed by atoms with Crippen LogP contribution in [0.25, 0.3) is 6.08 Å². The van der Waals surface area contributed by atoms with Crippen LogP contribution in [0.2, 0.25) is 0 Å². The van der Waals surface area contributed by atoms with Crippen molar-refractivity contribution >= 4 is 6.08 Å². The van der Waals surface area contributed by atoms with E-state index < -0.39 is 0 Å². The van der Waals surface area contributed by atoms with E-state index in [0.29, 0.717) is 12.5 Å². The van der Waals surface area contributed by atoms with Crippen molar-refractivity contribution in [3.05, 3.63) is 35.9 Å². The third kappa shape index (κ3) is 5.55. The lowest BCUT2D eigenvalue weighted by molar-refractivity contribution is 0.310. The van der Waals surface area contributed by atoms with E-state index in [-0.39, 0.29) is 0 Å². The molecule has 0 aliphatic carbocycles. The van der Waals surface area contributed by atoms with E-state index in [2.05, 4.69) is 31.3 Å². The van der Waals surface area contributed by atoms with E-state index in [9.17, 15) is 0 Å². The van der Waals surface area contributed by atoms with Gasteiger partial charge in [0, 0.05) is 12.1 Å². The average Bonchev–Trinajstić information content (AvgIpc) is 2.31. The maximum Gasteiger partial charge on any atom is 0.126 e. The summed E-state index contributed by atoms with van der Waals surface area (Å²) in [4.78, 5) is 0. The van der Waals surface area contributed by atoms with Gasteiger partial charge in [0.1, 0.15) is 12.4 Å². The Morgan fingerprint density at radius 3 is 2.76 bits per heavy atom. The van der Waals surface area contributed by atoms with Crippen LogP contribution >= 0.6 is 0 Å². The van der Waals surface area contributed by atoms with Crippen LogP contribution in [0, 0.1) is 5.92 Å². The van der Waals surface area contributed by atoms with Crippen molar-refractivity contribution in [2.24, 2.45) is 5.92 Å². The summed E-state index contributed by atoms with van der Waals surface area (Å²) < 4.78 is 5.76. The molecule has 2 nitrogen and oxygen atoms in total. The number of benzene rings is 1. The molecule has 2 heteroatoms. The van der Waals surface area contributed by atoms with Gasteiger partial charge in [0.25, 0.3) is 0 Å². The molecule has 0 unspecified atom stereocenters. The first kappa shape index (κ1) is 13.8. The molecule has 0 fully saturated rings. The number of hydrogen-bond donors (Lipinski definition) is 1. The quantitative estimate of drug-likeness (QED) is 0.729. The zero-order valence-corrected chi connectivity index (χ0v) is 11.1. The first-order valence-electron chi connectivity index (χ1n) is 6.29. The topological polar surface area (TPSA) is 21.3 Å². The Labute approximate surface area is 105 Å². The fourth-order valence-electron chi connectivity index (χ4n) is 1.55. The Bertz CT molecular complexity index is 345. The molecule has 1 rings (SSSR count). The molecule has 0 aliphatic heterocycles. The molecule has 94 valence electrons. The zero-order chi connectivity index (χ0) is 12.5. The Hall–Kier alpha value is -1.28. The van der Waals surface area contributed by atoms with Gasteiger partial charge in [-0.1, -0.05) is 44.2 Å². The smallest absolute Gasteiger partial charge is 0.126 e. The third-order valence-electron chi connectivity index (χ3n) is 2.35. The molecule has 0 saturated heterocycles. The number of rotatable bonds is 7. The SMILES string of the molecule is CC=Cc1ccccc1OCCNCC(C)C. The van der Waals surface area contributed by atoms with Crippen LogP contribution in [0.3, 0.4) is 0 Å². The van der Waals surface area contributed by atoms with Crippen molar-refractivity contribution < 1.29 is 4.74 Å². The second kappa shape index (κ2) is 7.91. The molecule has 0 amide bonds. The molecule has 1 N–H and O–H groups in total. The lowest BCUT2D eigenvalue weighted by atomic mass is 10.2. The van der Waals surface area contributed by atoms with Crippen molar-refractivity contribution in [3.8, 4) is 5.75 Å². The number of nitrogens with one attached hydrogen (secondary N) is 1. The predicted molar refractivity (Wildman–Crippen MR) is 74.4 cm³/mol. The first-order valence-corrected chi connectivity index (χ1v) is 6.29. The molecule has 0 radical (unpaired) electrons. The maximum absolute atomic E-state index is 5.76. The fourth-order valence-corrected chi connectivity index (χ4v) is 1.55. The van der Waals surface area contributed by atoms with Gasteiger partial charge in [0.15, 0.2) is 0 Å². The van der Waals surface area contributed by atoms with Gasteiger partial charge in [0.05, 0.1) is 0 Å². The summed E-state index contributed by atoms with van der Waals surface area (Å²) in [5.74, 6) is 1.64. The van der Waals surface area contributed by atoms with Gasteiger partial charge in [-0.25, -0.2) is 0 Å². The molecule has 0 atom stereocenters. The van der Waals surface area contributed by atoms with Crippen LogP contribution in [-0.2, 0) is 0 Å². The standard InChI is InChI=1S/C15H23NO/c1-4-7-14-8-5-6-9-15(14)17-11-10-16-12-13(2)3/h4-9,13,16H,10-12H2,1-3H3. The monoisotopic (exact) mass is 233 g/mol. The zero-order valence-electron chi connectivity index (χ0n) is 11.1. The first-order chi connectivity index (χ1) is 8.24. The highest BCUT2D eigenvalue weighted by molar-refractivity contribution is 5.56. The van der Waals surface area contributed by atoms with E-state index in [1.165, 1.54) is 0 Å². The largest absolute Gasteiger partial charge is 0.492 e. The summed E-state index contributed by atoms with van der Waals surface area (Å²) in [7, 11) is 0. The second-order valence-electron chi connectivity index (χ2n) is 4.48. The van der Waals surface area contributed by atoms with Gasteiger partial charge < -0.3 is 10.1 Å². The Morgan fingerprint density at radius 1 is 1.29 bits per heavy atom. The van der Waals surface area contributed by atoms with E-state index >= 15 is 0 Å². The summed E-state index contributed by atoms with van der Waals surface area (Å²) in [6, 6.07) is 8.11. The van der Waals surface area contributed by atoms with Crippen molar-refractivity contribution in [2.75, 3.05) is 19.7 Å². The summed E-state index contributed by atoms with van der Waals surface area (Å²) in [6.07, 6.45) is 4.09. The van der Waals surface area contributed by atoms with Gasteiger partial charge in [0.2, 0.25) is 0 Å². The predicted octanol–water partition coefficient (Wildman–Crippen LogP) is 3.34.